The quantitative estimate of drug-likeness (QED) is 0.400. The number of H-pyrrole nitrogens is 1. The molecule has 1 aliphatic rings. The van der Waals surface area contributed by atoms with Crippen LogP contribution in [0, 0.1) is 0 Å². The van der Waals surface area contributed by atoms with E-state index in [4.69, 9.17) is 4.74 Å². The van der Waals surface area contributed by atoms with Crippen molar-refractivity contribution in [3.63, 3.8) is 0 Å². The van der Waals surface area contributed by atoms with Gasteiger partial charge in [-0.15, -0.1) is 0 Å². The molecule has 0 spiro atoms. The molecule has 0 atom stereocenters. The molecule has 0 unspecified atom stereocenters. The first-order valence-corrected chi connectivity index (χ1v) is 11.1. The van der Waals surface area contributed by atoms with Crippen LogP contribution in [-0.4, -0.2) is 31.5 Å². The molecule has 2 N–H and O–H groups in total. The van der Waals surface area contributed by atoms with Gasteiger partial charge in [-0.05, 0) is 36.4 Å². The highest BCUT2D eigenvalue weighted by molar-refractivity contribution is 7.22. The van der Waals surface area contributed by atoms with Gasteiger partial charge in [0, 0.05) is 36.7 Å². The molecule has 1 aliphatic heterocycles. The second-order valence-corrected chi connectivity index (χ2v) is 8.45. The molecule has 158 valence electrons. The van der Waals surface area contributed by atoms with Crippen LogP contribution < -0.4 is 15.0 Å². The Balaban J connectivity index is 1.18. The largest absolute Gasteiger partial charge is 0.436 e. The maximum absolute atomic E-state index is 6.10. The van der Waals surface area contributed by atoms with Crippen LogP contribution in [0.25, 0.3) is 10.2 Å². The third-order valence-electron chi connectivity index (χ3n) is 5.34. The minimum atomic E-state index is 0.485. The number of thiazole rings is 1. The zero-order chi connectivity index (χ0) is 21.3. The Labute approximate surface area is 188 Å². The molecule has 0 fully saturated rings. The van der Waals surface area contributed by atoms with E-state index in [0.717, 1.165) is 45.5 Å². The molecule has 32 heavy (non-hydrogen) atoms. The maximum atomic E-state index is 6.10. The van der Waals surface area contributed by atoms with Gasteiger partial charge in [0.15, 0.2) is 10.9 Å². The molecule has 3 aromatic heterocycles. The van der Waals surface area contributed by atoms with Crippen LogP contribution in [0.2, 0.25) is 0 Å². The van der Waals surface area contributed by atoms with Gasteiger partial charge < -0.3 is 19.9 Å². The Morgan fingerprint density at radius 2 is 1.88 bits per heavy atom. The summed E-state index contributed by atoms with van der Waals surface area (Å²) in [6, 6.07) is 15.9. The molecular formula is C23H19N7OS. The second-order valence-electron chi connectivity index (χ2n) is 7.42. The molecule has 0 saturated heterocycles. The van der Waals surface area contributed by atoms with Crippen molar-refractivity contribution in [1.82, 2.24) is 24.9 Å². The van der Waals surface area contributed by atoms with Crippen molar-refractivity contribution < 1.29 is 4.74 Å². The van der Waals surface area contributed by atoms with E-state index in [-0.39, 0.29) is 0 Å². The molecule has 8 nitrogen and oxygen atoms in total. The smallest absolute Gasteiger partial charge is 0.263 e. The van der Waals surface area contributed by atoms with Crippen molar-refractivity contribution in [3.8, 4) is 11.6 Å². The van der Waals surface area contributed by atoms with Crippen LogP contribution >= 0.6 is 11.3 Å². The number of nitrogens with zero attached hydrogens (tertiary/aromatic N) is 5. The number of ether oxygens (including phenoxy) is 1. The Bertz CT molecular complexity index is 1350. The van der Waals surface area contributed by atoms with Crippen molar-refractivity contribution in [3.05, 3.63) is 78.6 Å². The van der Waals surface area contributed by atoms with Crippen molar-refractivity contribution in [2.75, 3.05) is 16.8 Å². The van der Waals surface area contributed by atoms with Gasteiger partial charge in [0.2, 0.25) is 0 Å². The minimum Gasteiger partial charge on any atom is -0.436 e. The van der Waals surface area contributed by atoms with Crippen LogP contribution in [0.15, 0.2) is 67.3 Å². The fourth-order valence-electron chi connectivity index (χ4n) is 3.76. The highest BCUT2D eigenvalue weighted by atomic mass is 32.1. The van der Waals surface area contributed by atoms with Gasteiger partial charge in [-0.2, -0.15) is 0 Å². The van der Waals surface area contributed by atoms with E-state index in [1.165, 1.54) is 5.69 Å². The fraction of sp³-hybridized carbons (Fsp3) is 0.130. The molecule has 4 heterocycles. The molecule has 6 rings (SSSR count). The molecule has 0 aliphatic carbocycles. The maximum Gasteiger partial charge on any atom is 0.263 e. The van der Waals surface area contributed by atoms with E-state index in [1.54, 1.807) is 30.1 Å². The summed E-state index contributed by atoms with van der Waals surface area (Å²) >= 11 is 1.63. The van der Waals surface area contributed by atoms with Gasteiger partial charge in [-0.1, -0.05) is 23.5 Å². The summed E-state index contributed by atoms with van der Waals surface area (Å²) in [6.07, 6.45) is 5.96. The highest BCUT2D eigenvalue weighted by Crippen LogP contribution is 2.32. The number of hydrogen-bond acceptors (Lipinski definition) is 8. The van der Waals surface area contributed by atoms with Gasteiger partial charge in [-0.3, -0.25) is 0 Å². The van der Waals surface area contributed by atoms with Crippen molar-refractivity contribution in [2.24, 2.45) is 0 Å². The fourth-order valence-corrected chi connectivity index (χ4v) is 4.65. The van der Waals surface area contributed by atoms with E-state index in [2.05, 4.69) is 41.2 Å². The molecule has 5 aromatic rings. The van der Waals surface area contributed by atoms with Crippen LogP contribution in [-0.2, 0) is 13.0 Å². The van der Waals surface area contributed by atoms with E-state index >= 15 is 0 Å². The monoisotopic (exact) mass is 441 g/mol. The number of rotatable bonds is 5. The number of aromatic nitrogens is 5. The van der Waals surface area contributed by atoms with E-state index in [0.29, 0.717) is 18.2 Å². The Kier molecular flexibility index (Phi) is 4.65. The zero-order valence-electron chi connectivity index (χ0n) is 17.0. The van der Waals surface area contributed by atoms with Gasteiger partial charge in [0.25, 0.3) is 5.88 Å². The Hall–Kier alpha value is -3.98. The number of imidazole rings is 1. The van der Waals surface area contributed by atoms with Crippen LogP contribution in [0.5, 0.6) is 11.6 Å². The lowest BCUT2D eigenvalue weighted by molar-refractivity contribution is 0.457. The highest BCUT2D eigenvalue weighted by Gasteiger charge is 2.23. The first kappa shape index (κ1) is 18.8. The molecular weight excluding hydrogens is 422 g/mol. The number of benzene rings is 2. The average molecular weight is 442 g/mol. The first-order chi connectivity index (χ1) is 15.8. The van der Waals surface area contributed by atoms with Gasteiger partial charge in [-0.25, -0.2) is 19.9 Å². The lowest BCUT2D eigenvalue weighted by Gasteiger charge is -2.27. The van der Waals surface area contributed by atoms with Crippen LogP contribution in [0.4, 0.5) is 16.6 Å². The summed E-state index contributed by atoms with van der Waals surface area (Å²) in [5, 5.41) is 4.22. The van der Waals surface area contributed by atoms with Gasteiger partial charge in [0.05, 0.1) is 28.8 Å². The van der Waals surface area contributed by atoms with E-state index < -0.39 is 0 Å². The van der Waals surface area contributed by atoms with Crippen molar-refractivity contribution >= 4 is 38.2 Å². The summed E-state index contributed by atoms with van der Waals surface area (Å²) < 4.78 is 7.26. The predicted molar refractivity (Wildman–Crippen MR) is 125 cm³/mol. The van der Waals surface area contributed by atoms with E-state index in [1.807, 2.05) is 42.5 Å². The summed E-state index contributed by atoms with van der Waals surface area (Å²) in [5.41, 5.74) is 4.16. The van der Waals surface area contributed by atoms with Crippen molar-refractivity contribution in [2.45, 2.75) is 13.0 Å². The summed E-state index contributed by atoms with van der Waals surface area (Å²) in [5.74, 6) is 1.90. The molecule has 2 aromatic carbocycles. The van der Waals surface area contributed by atoms with Crippen LogP contribution in [0.3, 0.4) is 0 Å². The Morgan fingerprint density at radius 3 is 2.78 bits per heavy atom. The molecule has 9 heteroatoms. The summed E-state index contributed by atoms with van der Waals surface area (Å²) in [6.45, 7) is 1.51. The number of hydrogen-bond donors (Lipinski definition) is 2. The number of aromatic amines is 1. The SMILES string of the molecule is c1ccc2sc(Nc3ccc(Oc4nccnc4N4CCc5[nH]cnc5C4)cc3)nc2c1. The normalized spacial score (nSPS) is 13.2. The minimum absolute atomic E-state index is 0.485. The second kappa shape index (κ2) is 7.93. The lowest BCUT2D eigenvalue weighted by atomic mass is 10.1. The first-order valence-electron chi connectivity index (χ1n) is 10.3. The molecule has 0 saturated carbocycles. The van der Waals surface area contributed by atoms with E-state index in [9.17, 15) is 0 Å². The number of nitrogens with one attached hydrogen (secondary N) is 2. The van der Waals surface area contributed by atoms with Crippen LogP contribution in [0.1, 0.15) is 11.4 Å². The zero-order valence-corrected chi connectivity index (χ0v) is 17.8. The summed E-state index contributed by atoms with van der Waals surface area (Å²) in [4.78, 5) is 23.3. The van der Waals surface area contributed by atoms with Crippen molar-refractivity contribution in [1.29, 1.82) is 0 Å². The molecule has 0 radical (unpaired) electrons. The molecule has 0 amide bonds. The summed E-state index contributed by atoms with van der Waals surface area (Å²) in [7, 11) is 0. The topological polar surface area (TPSA) is 91.8 Å². The predicted octanol–water partition coefficient (Wildman–Crippen LogP) is 4.91. The average Bonchev–Trinajstić information content (AvgIpc) is 3.46. The third-order valence-corrected chi connectivity index (χ3v) is 6.29. The standard InChI is InChI=1S/C23H19N7OS/c1-2-4-20-18(3-1)29-23(32-20)28-15-5-7-16(8-6-15)31-22-21(24-10-11-25-22)30-12-9-17-19(13-30)27-14-26-17/h1-8,10-11,14H,9,12-13H2,(H,26,27)(H,28,29). The number of fused-ring (bicyclic) bond motifs is 2. The third kappa shape index (κ3) is 3.63. The number of anilines is 3. The lowest BCUT2D eigenvalue weighted by Crippen LogP contribution is -2.31. The van der Waals surface area contributed by atoms with Gasteiger partial charge in [0.1, 0.15) is 5.75 Å². The Morgan fingerprint density at radius 1 is 1.00 bits per heavy atom. The molecule has 0 bridgehead atoms. The number of para-hydroxylation sites is 1. The van der Waals surface area contributed by atoms with Gasteiger partial charge >= 0.3 is 0 Å².